The van der Waals surface area contributed by atoms with E-state index >= 15 is 0 Å². The van der Waals surface area contributed by atoms with Crippen LogP contribution in [0, 0.1) is 0 Å². The van der Waals surface area contributed by atoms with Gasteiger partial charge in [0.15, 0.2) is 0 Å². The average Bonchev–Trinajstić information content (AvgIpc) is 2.44. The summed E-state index contributed by atoms with van der Waals surface area (Å²) in [4.78, 5) is 11.8. The summed E-state index contributed by atoms with van der Waals surface area (Å²) in [7, 11) is 0. The zero-order chi connectivity index (χ0) is 15.7. The van der Waals surface area contributed by atoms with Gasteiger partial charge in [0, 0.05) is 28.9 Å². The van der Waals surface area contributed by atoms with E-state index in [-0.39, 0.29) is 11.8 Å². The van der Waals surface area contributed by atoms with Gasteiger partial charge in [0.2, 0.25) is 5.91 Å². The van der Waals surface area contributed by atoms with Gasteiger partial charge in [0.05, 0.1) is 0 Å². The highest BCUT2D eigenvalue weighted by Crippen LogP contribution is 2.30. The standard InChI is InChI=1S/C16H24Cl2N2O/c1-12(16-13(17)7-6-8-14(16)18)11-20-15(21)9-4-2-3-5-10-19/h6-8,12H,2-5,9-11,19H2,1H3,(H,20,21). The van der Waals surface area contributed by atoms with Crippen molar-refractivity contribution in [3.05, 3.63) is 33.8 Å². The molecule has 1 aromatic carbocycles. The molecule has 1 unspecified atom stereocenters. The summed E-state index contributed by atoms with van der Waals surface area (Å²) in [5.41, 5.74) is 6.32. The third-order valence-corrected chi connectivity index (χ3v) is 4.12. The molecular weight excluding hydrogens is 307 g/mol. The zero-order valence-electron chi connectivity index (χ0n) is 12.5. The first-order valence-electron chi connectivity index (χ1n) is 7.47. The van der Waals surface area contributed by atoms with Crippen LogP contribution in [0.2, 0.25) is 10.0 Å². The summed E-state index contributed by atoms with van der Waals surface area (Å²) in [6.07, 6.45) is 4.65. The Balaban J connectivity index is 2.32. The number of benzene rings is 1. The molecule has 0 saturated carbocycles. The van der Waals surface area contributed by atoms with Gasteiger partial charge in [-0.1, -0.05) is 49.0 Å². The smallest absolute Gasteiger partial charge is 0.220 e. The van der Waals surface area contributed by atoms with E-state index in [2.05, 4.69) is 5.32 Å². The van der Waals surface area contributed by atoms with Crippen LogP contribution in [0.3, 0.4) is 0 Å². The summed E-state index contributed by atoms with van der Waals surface area (Å²) in [5.74, 6) is 0.171. The first-order valence-corrected chi connectivity index (χ1v) is 8.22. The number of nitrogens with two attached hydrogens (primary N) is 1. The third-order valence-electron chi connectivity index (χ3n) is 3.46. The Labute approximate surface area is 137 Å². The van der Waals surface area contributed by atoms with E-state index < -0.39 is 0 Å². The number of carbonyl (C=O) groups excluding carboxylic acids is 1. The third kappa shape index (κ3) is 6.68. The maximum Gasteiger partial charge on any atom is 0.220 e. The first kappa shape index (κ1) is 18.3. The van der Waals surface area contributed by atoms with Crippen molar-refractivity contribution in [3.63, 3.8) is 0 Å². The number of halogens is 2. The molecule has 0 aromatic heterocycles. The molecule has 0 aliphatic rings. The Morgan fingerprint density at radius 1 is 1.19 bits per heavy atom. The molecule has 0 aliphatic heterocycles. The maximum absolute atomic E-state index is 11.8. The van der Waals surface area contributed by atoms with Crippen molar-refractivity contribution in [2.24, 2.45) is 5.73 Å². The van der Waals surface area contributed by atoms with E-state index in [0.29, 0.717) is 23.0 Å². The lowest BCUT2D eigenvalue weighted by molar-refractivity contribution is -0.121. The van der Waals surface area contributed by atoms with Crippen LogP contribution in [0.5, 0.6) is 0 Å². The molecule has 0 spiro atoms. The van der Waals surface area contributed by atoms with Crippen molar-refractivity contribution >= 4 is 29.1 Å². The Morgan fingerprint density at radius 3 is 2.43 bits per heavy atom. The normalized spacial score (nSPS) is 12.2. The lowest BCUT2D eigenvalue weighted by atomic mass is 10.0. The van der Waals surface area contributed by atoms with E-state index in [1.54, 1.807) is 0 Å². The van der Waals surface area contributed by atoms with Crippen molar-refractivity contribution in [2.45, 2.75) is 44.9 Å². The minimum absolute atomic E-state index is 0.0813. The monoisotopic (exact) mass is 330 g/mol. The van der Waals surface area contributed by atoms with Gasteiger partial charge >= 0.3 is 0 Å². The van der Waals surface area contributed by atoms with Gasteiger partial charge in [0.1, 0.15) is 0 Å². The fourth-order valence-electron chi connectivity index (χ4n) is 2.22. The Morgan fingerprint density at radius 2 is 1.81 bits per heavy atom. The fourth-order valence-corrected chi connectivity index (χ4v) is 2.99. The number of hydrogen-bond acceptors (Lipinski definition) is 2. The summed E-state index contributed by atoms with van der Waals surface area (Å²) in [6.45, 7) is 3.28. The molecule has 1 amide bonds. The molecule has 1 aromatic rings. The first-order chi connectivity index (χ1) is 10.1. The second-order valence-corrected chi connectivity index (χ2v) is 6.11. The number of hydrogen-bond donors (Lipinski definition) is 2. The quantitative estimate of drug-likeness (QED) is 0.669. The van der Waals surface area contributed by atoms with E-state index in [1.807, 2.05) is 25.1 Å². The molecule has 0 radical (unpaired) electrons. The fraction of sp³-hybridized carbons (Fsp3) is 0.562. The van der Waals surface area contributed by atoms with Gasteiger partial charge in [-0.05, 0) is 37.1 Å². The highest BCUT2D eigenvalue weighted by Gasteiger charge is 2.14. The van der Waals surface area contributed by atoms with Crippen molar-refractivity contribution in [3.8, 4) is 0 Å². The van der Waals surface area contributed by atoms with Crippen LogP contribution in [0.15, 0.2) is 18.2 Å². The van der Waals surface area contributed by atoms with Gasteiger partial charge in [-0.25, -0.2) is 0 Å². The highest BCUT2D eigenvalue weighted by atomic mass is 35.5. The van der Waals surface area contributed by atoms with Crippen LogP contribution >= 0.6 is 23.2 Å². The summed E-state index contributed by atoms with van der Waals surface area (Å²) >= 11 is 12.3. The van der Waals surface area contributed by atoms with E-state index in [4.69, 9.17) is 28.9 Å². The molecule has 1 rings (SSSR count). The molecule has 3 nitrogen and oxygen atoms in total. The van der Waals surface area contributed by atoms with Crippen molar-refractivity contribution in [2.75, 3.05) is 13.1 Å². The summed E-state index contributed by atoms with van der Waals surface area (Å²) in [5, 5.41) is 4.23. The van der Waals surface area contributed by atoms with Crippen LogP contribution in [0.1, 0.15) is 50.5 Å². The molecule has 21 heavy (non-hydrogen) atoms. The minimum atomic E-state index is 0.0813. The Hall–Kier alpha value is -0.770. The second kappa shape index (κ2) is 10.0. The molecule has 5 heteroatoms. The van der Waals surface area contributed by atoms with Crippen LogP contribution in [0.25, 0.3) is 0 Å². The number of carbonyl (C=O) groups is 1. The number of nitrogens with one attached hydrogen (secondary N) is 1. The van der Waals surface area contributed by atoms with Gasteiger partial charge in [0.25, 0.3) is 0 Å². The predicted molar refractivity (Wildman–Crippen MR) is 90.0 cm³/mol. The van der Waals surface area contributed by atoms with Crippen LogP contribution in [-0.2, 0) is 4.79 Å². The van der Waals surface area contributed by atoms with Gasteiger partial charge in [-0.15, -0.1) is 0 Å². The van der Waals surface area contributed by atoms with E-state index in [1.165, 1.54) is 0 Å². The minimum Gasteiger partial charge on any atom is -0.356 e. The predicted octanol–water partition coefficient (Wildman–Crippen LogP) is 4.12. The molecule has 0 fully saturated rings. The number of unbranched alkanes of at least 4 members (excludes halogenated alkanes) is 3. The SMILES string of the molecule is CC(CNC(=O)CCCCCCN)c1c(Cl)cccc1Cl. The van der Waals surface area contributed by atoms with Gasteiger partial charge < -0.3 is 11.1 Å². The molecule has 0 heterocycles. The topological polar surface area (TPSA) is 55.1 Å². The molecule has 1 atom stereocenters. The number of amides is 1. The molecule has 0 aliphatic carbocycles. The van der Waals surface area contributed by atoms with Crippen LogP contribution < -0.4 is 11.1 Å². The van der Waals surface area contributed by atoms with Crippen molar-refractivity contribution in [1.29, 1.82) is 0 Å². The van der Waals surface area contributed by atoms with Crippen LogP contribution in [-0.4, -0.2) is 19.0 Å². The van der Waals surface area contributed by atoms with E-state index in [9.17, 15) is 4.79 Å². The van der Waals surface area contributed by atoms with Crippen LogP contribution in [0.4, 0.5) is 0 Å². The molecule has 118 valence electrons. The summed E-state index contributed by atoms with van der Waals surface area (Å²) < 4.78 is 0. The van der Waals surface area contributed by atoms with Gasteiger partial charge in [-0.2, -0.15) is 0 Å². The number of rotatable bonds is 9. The second-order valence-electron chi connectivity index (χ2n) is 5.29. The van der Waals surface area contributed by atoms with Crippen molar-refractivity contribution < 1.29 is 4.79 Å². The Bertz CT molecular complexity index is 432. The molecule has 3 N–H and O–H groups in total. The average molecular weight is 331 g/mol. The maximum atomic E-state index is 11.8. The van der Waals surface area contributed by atoms with Crippen molar-refractivity contribution in [1.82, 2.24) is 5.32 Å². The molecular formula is C16H24Cl2N2O. The van der Waals surface area contributed by atoms with E-state index in [0.717, 1.165) is 37.8 Å². The largest absolute Gasteiger partial charge is 0.356 e. The molecule has 0 bridgehead atoms. The Kier molecular flexibility index (Phi) is 8.74. The summed E-state index contributed by atoms with van der Waals surface area (Å²) in [6, 6.07) is 5.46. The molecule has 0 saturated heterocycles. The zero-order valence-corrected chi connectivity index (χ0v) is 14.0. The highest BCUT2D eigenvalue weighted by molar-refractivity contribution is 6.36. The lowest BCUT2D eigenvalue weighted by Crippen LogP contribution is -2.27. The lowest BCUT2D eigenvalue weighted by Gasteiger charge is -2.16. The van der Waals surface area contributed by atoms with Gasteiger partial charge in [-0.3, -0.25) is 4.79 Å².